The molecule has 1 aliphatic heterocycles. The summed E-state index contributed by atoms with van der Waals surface area (Å²) in [5.74, 6) is 0.463. The Balaban J connectivity index is 1.94. The van der Waals surface area contributed by atoms with Gasteiger partial charge in [-0.2, -0.15) is 0 Å². The molecule has 2 nitrogen and oxygen atoms in total. The van der Waals surface area contributed by atoms with E-state index in [1.54, 1.807) is 0 Å². The molecule has 4 rings (SSSR count). The van der Waals surface area contributed by atoms with Crippen LogP contribution in [-0.2, 0) is 12.8 Å². The van der Waals surface area contributed by atoms with E-state index in [9.17, 15) is 5.11 Å². The zero-order valence-corrected chi connectivity index (χ0v) is 14.4. The van der Waals surface area contributed by atoms with Crippen molar-refractivity contribution in [2.24, 2.45) is 0 Å². The fraction of sp³-hybridized carbons (Fsp3) is 0.333. The van der Waals surface area contributed by atoms with E-state index in [0.29, 0.717) is 11.1 Å². The van der Waals surface area contributed by atoms with Crippen LogP contribution in [0.1, 0.15) is 34.6 Å². The summed E-state index contributed by atoms with van der Waals surface area (Å²) in [4.78, 5) is 0. The van der Waals surface area contributed by atoms with Crippen LogP contribution in [0.5, 0.6) is 5.75 Å². The highest BCUT2D eigenvalue weighted by Gasteiger charge is 2.34. The lowest BCUT2D eigenvalue weighted by Gasteiger charge is -2.34. The van der Waals surface area contributed by atoms with Gasteiger partial charge in [-0.15, -0.1) is 0 Å². The molecule has 0 saturated carbocycles. The highest BCUT2D eigenvalue weighted by Crippen LogP contribution is 2.43. The van der Waals surface area contributed by atoms with Crippen molar-refractivity contribution in [3.8, 4) is 5.75 Å². The Morgan fingerprint density at radius 3 is 2.91 bits per heavy atom. The van der Waals surface area contributed by atoms with Crippen LogP contribution in [0.2, 0.25) is 5.02 Å². The van der Waals surface area contributed by atoms with E-state index in [-0.39, 0.29) is 11.7 Å². The van der Waals surface area contributed by atoms with E-state index >= 15 is 0 Å². The number of rotatable bonds is 0. The van der Waals surface area contributed by atoms with Gasteiger partial charge >= 0.3 is 0 Å². The van der Waals surface area contributed by atoms with E-state index in [0.717, 1.165) is 25.8 Å². The number of phenolic OH excluding ortho intramolecular Hbond substituents is 1. The summed E-state index contributed by atoms with van der Waals surface area (Å²) in [5.41, 5.74) is 5.22. The fourth-order valence-electron chi connectivity index (χ4n) is 3.94. The van der Waals surface area contributed by atoms with Gasteiger partial charge in [0.2, 0.25) is 0 Å². The third-order valence-electron chi connectivity index (χ3n) is 4.94. The van der Waals surface area contributed by atoms with Gasteiger partial charge in [-0.05, 0) is 66.3 Å². The Morgan fingerprint density at radius 2 is 2.05 bits per heavy atom. The molecule has 114 valence electrons. The number of fused-ring (bicyclic) bond motifs is 5. The minimum atomic E-state index is 0.184. The number of hydrogen-bond donors (Lipinski definition) is 2. The largest absolute Gasteiger partial charge is 0.506 e. The molecule has 0 bridgehead atoms. The highest BCUT2D eigenvalue weighted by molar-refractivity contribution is 9.10. The molecule has 2 atom stereocenters. The van der Waals surface area contributed by atoms with Crippen LogP contribution in [-0.4, -0.2) is 17.7 Å². The fourth-order valence-corrected chi connectivity index (χ4v) is 4.70. The SMILES string of the molecule is Oc1cc2c(cc1Cl)CCN[C@H]1CCc3c(Br)cccc3[C@H]21. The second kappa shape index (κ2) is 5.55. The molecule has 22 heavy (non-hydrogen) atoms. The molecule has 0 fully saturated rings. The molecule has 0 radical (unpaired) electrons. The van der Waals surface area contributed by atoms with Gasteiger partial charge in [-0.3, -0.25) is 0 Å². The van der Waals surface area contributed by atoms with Crippen LogP contribution in [0.3, 0.4) is 0 Å². The minimum absolute atomic E-state index is 0.184. The van der Waals surface area contributed by atoms with Gasteiger partial charge in [0.1, 0.15) is 5.75 Å². The average molecular weight is 379 g/mol. The molecule has 2 aromatic rings. The second-order valence-electron chi connectivity index (χ2n) is 6.14. The van der Waals surface area contributed by atoms with Gasteiger partial charge < -0.3 is 10.4 Å². The minimum Gasteiger partial charge on any atom is -0.506 e. The molecular weight excluding hydrogens is 362 g/mol. The normalized spacial score (nSPS) is 23.2. The van der Waals surface area contributed by atoms with Crippen molar-refractivity contribution in [2.45, 2.75) is 31.2 Å². The molecular formula is C18H17BrClNO. The van der Waals surface area contributed by atoms with Crippen molar-refractivity contribution in [1.82, 2.24) is 5.32 Å². The Morgan fingerprint density at radius 1 is 1.18 bits per heavy atom. The van der Waals surface area contributed by atoms with E-state index in [1.807, 2.05) is 12.1 Å². The molecule has 0 aromatic heterocycles. The van der Waals surface area contributed by atoms with Crippen molar-refractivity contribution in [2.75, 3.05) is 6.54 Å². The number of aromatic hydroxyl groups is 1. The van der Waals surface area contributed by atoms with Gasteiger partial charge in [0.25, 0.3) is 0 Å². The standard InChI is InChI=1S/C18H17BrClNO/c19-14-3-1-2-12-11(14)4-5-16-18(12)13-9-17(22)15(20)8-10(13)6-7-21-16/h1-3,8-9,16,18,21-22H,4-7H2/t16-,18+/m0/s1. The maximum atomic E-state index is 10.1. The third-order valence-corrected chi connectivity index (χ3v) is 5.99. The lowest BCUT2D eigenvalue weighted by molar-refractivity contribution is 0.431. The topological polar surface area (TPSA) is 32.3 Å². The zero-order chi connectivity index (χ0) is 15.3. The molecule has 4 heteroatoms. The first-order chi connectivity index (χ1) is 10.6. The summed E-state index contributed by atoms with van der Waals surface area (Å²) in [6.07, 6.45) is 3.15. The molecule has 1 heterocycles. The van der Waals surface area contributed by atoms with Gasteiger partial charge in [-0.25, -0.2) is 0 Å². The first-order valence-corrected chi connectivity index (χ1v) is 8.84. The van der Waals surface area contributed by atoms with Gasteiger partial charge in [-0.1, -0.05) is 39.7 Å². The summed E-state index contributed by atoms with van der Waals surface area (Å²) in [6, 6.07) is 10.7. The van der Waals surface area contributed by atoms with Crippen LogP contribution in [0, 0.1) is 0 Å². The highest BCUT2D eigenvalue weighted by atomic mass is 79.9. The monoisotopic (exact) mass is 377 g/mol. The summed E-state index contributed by atoms with van der Waals surface area (Å²) < 4.78 is 1.19. The first kappa shape index (κ1) is 14.6. The molecule has 0 spiro atoms. The lowest BCUT2D eigenvalue weighted by atomic mass is 9.75. The number of nitrogens with one attached hydrogen (secondary N) is 1. The maximum absolute atomic E-state index is 10.1. The number of hydrogen-bond acceptors (Lipinski definition) is 2. The summed E-state index contributed by atoms with van der Waals surface area (Å²) in [7, 11) is 0. The zero-order valence-electron chi connectivity index (χ0n) is 12.1. The predicted molar refractivity (Wildman–Crippen MR) is 92.9 cm³/mol. The third kappa shape index (κ3) is 2.27. The average Bonchev–Trinajstić information content (AvgIpc) is 2.67. The molecule has 0 amide bonds. The maximum Gasteiger partial charge on any atom is 0.134 e. The van der Waals surface area contributed by atoms with Crippen molar-refractivity contribution in [1.29, 1.82) is 0 Å². The van der Waals surface area contributed by atoms with Crippen molar-refractivity contribution >= 4 is 27.5 Å². The molecule has 2 aromatic carbocycles. The van der Waals surface area contributed by atoms with E-state index < -0.39 is 0 Å². The predicted octanol–water partition coefficient (Wildman–Crippen LogP) is 4.40. The van der Waals surface area contributed by atoms with E-state index in [2.05, 4.69) is 39.4 Å². The van der Waals surface area contributed by atoms with Crippen LogP contribution in [0.25, 0.3) is 0 Å². The quantitative estimate of drug-likeness (QED) is 0.712. The Labute approximate surface area is 143 Å². The molecule has 1 aliphatic carbocycles. The van der Waals surface area contributed by atoms with Gasteiger partial charge in [0.15, 0.2) is 0 Å². The Bertz CT molecular complexity index is 746. The van der Waals surface area contributed by atoms with E-state index in [4.69, 9.17) is 11.6 Å². The summed E-state index contributed by atoms with van der Waals surface area (Å²) in [6.45, 7) is 0.957. The van der Waals surface area contributed by atoms with Crippen LogP contribution < -0.4 is 5.32 Å². The smallest absolute Gasteiger partial charge is 0.134 e. The first-order valence-electron chi connectivity index (χ1n) is 7.67. The summed E-state index contributed by atoms with van der Waals surface area (Å²) >= 11 is 9.81. The number of phenols is 1. The van der Waals surface area contributed by atoms with Crippen LogP contribution in [0.4, 0.5) is 0 Å². The van der Waals surface area contributed by atoms with Gasteiger partial charge in [0.05, 0.1) is 5.02 Å². The molecule has 0 saturated heterocycles. The Kier molecular flexibility index (Phi) is 3.67. The molecule has 0 unspecified atom stereocenters. The van der Waals surface area contributed by atoms with Crippen molar-refractivity contribution in [3.63, 3.8) is 0 Å². The van der Waals surface area contributed by atoms with Crippen molar-refractivity contribution in [3.05, 3.63) is 62.1 Å². The molecule has 2 N–H and O–H groups in total. The number of halogens is 2. The van der Waals surface area contributed by atoms with Crippen LogP contribution in [0.15, 0.2) is 34.8 Å². The Hall–Kier alpha value is -1.03. The van der Waals surface area contributed by atoms with Gasteiger partial charge in [0, 0.05) is 16.4 Å². The summed E-state index contributed by atoms with van der Waals surface area (Å²) in [5, 5.41) is 14.2. The lowest BCUT2D eigenvalue weighted by Crippen LogP contribution is -2.38. The molecule has 2 aliphatic rings. The van der Waals surface area contributed by atoms with E-state index in [1.165, 1.54) is 26.7 Å². The second-order valence-corrected chi connectivity index (χ2v) is 7.40. The van der Waals surface area contributed by atoms with Crippen LogP contribution >= 0.6 is 27.5 Å². The number of benzene rings is 2. The van der Waals surface area contributed by atoms with Crippen molar-refractivity contribution < 1.29 is 5.11 Å².